The number of halogens is 1. The Morgan fingerprint density at radius 3 is 2.54 bits per heavy atom. The third kappa shape index (κ3) is 7.41. The van der Waals surface area contributed by atoms with Gasteiger partial charge in [-0.15, -0.1) is 0 Å². The Balaban J connectivity index is 1.42. The van der Waals surface area contributed by atoms with Crippen LogP contribution in [0.1, 0.15) is 51.9 Å². The first-order chi connectivity index (χ1) is 17.8. The van der Waals surface area contributed by atoms with Crippen LogP contribution < -0.4 is 26.2 Å². The normalized spacial score (nSPS) is 23.8. The first kappa shape index (κ1) is 27.3. The summed E-state index contributed by atoms with van der Waals surface area (Å²) in [7, 11) is 0. The van der Waals surface area contributed by atoms with Gasteiger partial charge in [-0.3, -0.25) is 9.69 Å². The van der Waals surface area contributed by atoms with Crippen LogP contribution in [0.4, 0.5) is 25.4 Å². The molecule has 0 bridgehead atoms. The SMILES string of the molecule is CC(=O)NCC1CN(c2ccc(N3CCN(SC4CCCCCCC4)CC3NC(N)=O)c(F)c2)C(=O)O1. The van der Waals surface area contributed by atoms with Crippen LogP contribution in [-0.2, 0) is 9.53 Å². The number of nitrogens with zero attached hydrogens (tertiary/aromatic N) is 3. The lowest BCUT2D eigenvalue weighted by molar-refractivity contribution is -0.119. The number of carbonyl (C=O) groups excluding carboxylic acids is 3. The monoisotopic (exact) mass is 536 g/mol. The minimum atomic E-state index is -0.658. The van der Waals surface area contributed by atoms with Gasteiger partial charge in [0.1, 0.15) is 18.1 Å². The number of anilines is 2. The topological polar surface area (TPSA) is 120 Å². The molecule has 1 saturated carbocycles. The second-order valence-electron chi connectivity index (χ2n) is 9.87. The zero-order valence-electron chi connectivity index (χ0n) is 21.3. The summed E-state index contributed by atoms with van der Waals surface area (Å²) < 4.78 is 22.9. The van der Waals surface area contributed by atoms with Crippen molar-refractivity contribution in [1.29, 1.82) is 0 Å². The minimum Gasteiger partial charge on any atom is -0.442 e. The number of nitrogens with two attached hydrogens (primary N) is 1. The van der Waals surface area contributed by atoms with Gasteiger partial charge in [-0.05, 0) is 31.0 Å². The van der Waals surface area contributed by atoms with Crippen molar-refractivity contribution in [3.8, 4) is 0 Å². The van der Waals surface area contributed by atoms with Gasteiger partial charge in [-0.25, -0.2) is 18.3 Å². The van der Waals surface area contributed by atoms with E-state index in [-0.39, 0.29) is 19.0 Å². The predicted molar refractivity (Wildman–Crippen MR) is 142 cm³/mol. The smallest absolute Gasteiger partial charge is 0.414 e. The Morgan fingerprint density at radius 1 is 1.14 bits per heavy atom. The van der Waals surface area contributed by atoms with Gasteiger partial charge in [-0.2, -0.15) is 0 Å². The lowest BCUT2D eigenvalue weighted by Crippen LogP contribution is -2.60. The zero-order valence-corrected chi connectivity index (χ0v) is 22.1. The maximum atomic E-state index is 15.4. The van der Waals surface area contributed by atoms with Crippen molar-refractivity contribution in [2.75, 3.05) is 42.5 Å². The fraction of sp³-hybridized carbons (Fsp3) is 0.640. The molecular formula is C25H37FN6O4S. The number of nitrogens with one attached hydrogen (secondary N) is 2. The molecule has 0 aromatic heterocycles. The molecule has 3 fully saturated rings. The van der Waals surface area contributed by atoms with Crippen LogP contribution in [0.25, 0.3) is 0 Å². The molecule has 2 aliphatic heterocycles. The molecule has 10 nitrogen and oxygen atoms in total. The first-order valence-corrected chi connectivity index (χ1v) is 13.9. The van der Waals surface area contributed by atoms with E-state index in [1.165, 1.54) is 62.8 Å². The van der Waals surface area contributed by atoms with Gasteiger partial charge in [-0.1, -0.05) is 44.1 Å². The van der Waals surface area contributed by atoms with Crippen molar-refractivity contribution < 1.29 is 23.5 Å². The number of cyclic esters (lactones) is 1. The molecule has 0 radical (unpaired) electrons. The Bertz CT molecular complexity index is 977. The lowest BCUT2D eigenvalue weighted by atomic mass is 10.0. The van der Waals surface area contributed by atoms with Crippen molar-refractivity contribution in [2.24, 2.45) is 5.73 Å². The quantitative estimate of drug-likeness (QED) is 0.458. The summed E-state index contributed by atoms with van der Waals surface area (Å²) in [6.45, 7) is 3.56. The molecule has 4 amide bonds. The van der Waals surface area contributed by atoms with Crippen LogP contribution in [0.3, 0.4) is 0 Å². The number of amides is 4. The van der Waals surface area contributed by atoms with Crippen LogP contribution in [0.2, 0.25) is 0 Å². The summed E-state index contributed by atoms with van der Waals surface area (Å²) in [4.78, 5) is 38.4. The Morgan fingerprint density at radius 2 is 1.86 bits per heavy atom. The number of piperazine rings is 1. The van der Waals surface area contributed by atoms with Gasteiger partial charge in [0.05, 0.1) is 24.5 Å². The molecule has 1 aliphatic carbocycles. The molecule has 1 aromatic rings. The molecule has 0 spiro atoms. The molecule has 3 aliphatic rings. The number of hydrogen-bond donors (Lipinski definition) is 3. The second kappa shape index (κ2) is 12.7. The van der Waals surface area contributed by atoms with Crippen LogP contribution >= 0.6 is 11.9 Å². The maximum absolute atomic E-state index is 15.4. The fourth-order valence-corrected chi connectivity index (χ4v) is 6.54. The van der Waals surface area contributed by atoms with Crippen LogP contribution in [0.15, 0.2) is 18.2 Å². The molecule has 2 atom stereocenters. The molecule has 1 aromatic carbocycles. The third-order valence-electron chi connectivity index (χ3n) is 7.01. The molecule has 2 saturated heterocycles. The van der Waals surface area contributed by atoms with Gasteiger partial charge in [0.25, 0.3) is 0 Å². The van der Waals surface area contributed by atoms with Crippen molar-refractivity contribution in [1.82, 2.24) is 14.9 Å². The average Bonchev–Trinajstić information content (AvgIpc) is 3.20. The first-order valence-electron chi connectivity index (χ1n) is 13.1. The summed E-state index contributed by atoms with van der Waals surface area (Å²) >= 11 is 1.86. The Labute approximate surface area is 221 Å². The maximum Gasteiger partial charge on any atom is 0.414 e. The highest BCUT2D eigenvalue weighted by atomic mass is 32.2. The van der Waals surface area contributed by atoms with Crippen molar-refractivity contribution >= 4 is 41.4 Å². The highest BCUT2D eigenvalue weighted by Crippen LogP contribution is 2.33. The van der Waals surface area contributed by atoms with Crippen molar-refractivity contribution in [2.45, 2.75) is 69.4 Å². The van der Waals surface area contributed by atoms with E-state index >= 15 is 4.39 Å². The van der Waals surface area contributed by atoms with E-state index in [1.807, 2.05) is 16.8 Å². The predicted octanol–water partition coefficient (Wildman–Crippen LogP) is 3.16. The summed E-state index contributed by atoms with van der Waals surface area (Å²) in [6, 6.07) is 3.92. The number of hydrogen-bond acceptors (Lipinski definition) is 7. The zero-order chi connectivity index (χ0) is 26.4. The highest BCUT2D eigenvalue weighted by molar-refractivity contribution is 7.97. The van der Waals surface area contributed by atoms with Gasteiger partial charge < -0.3 is 26.0 Å². The Kier molecular flexibility index (Phi) is 9.36. The van der Waals surface area contributed by atoms with E-state index < -0.39 is 30.2 Å². The molecular weight excluding hydrogens is 499 g/mol. The van der Waals surface area contributed by atoms with E-state index in [0.29, 0.717) is 29.7 Å². The second-order valence-corrected chi connectivity index (χ2v) is 11.3. The molecule has 4 rings (SSSR count). The number of ether oxygens (including phenoxy) is 1. The van der Waals surface area contributed by atoms with Gasteiger partial charge in [0, 0.05) is 31.8 Å². The van der Waals surface area contributed by atoms with E-state index in [0.717, 1.165) is 6.54 Å². The van der Waals surface area contributed by atoms with Crippen LogP contribution in [0.5, 0.6) is 0 Å². The van der Waals surface area contributed by atoms with Gasteiger partial charge in [0.2, 0.25) is 5.91 Å². The van der Waals surface area contributed by atoms with Crippen molar-refractivity contribution in [3.05, 3.63) is 24.0 Å². The molecule has 12 heteroatoms. The average molecular weight is 537 g/mol. The summed E-state index contributed by atoms with van der Waals surface area (Å²) in [5.74, 6) is -0.722. The number of rotatable bonds is 7. The third-order valence-corrected chi connectivity index (χ3v) is 8.41. The number of carbonyl (C=O) groups is 3. The largest absolute Gasteiger partial charge is 0.442 e. The Hall–Kier alpha value is -2.73. The molecule has 2 heterocycles. The van der Waals surface area contributed by atoms with Gasteiger partial charge in [0.15, 0.2) is 0 Å². The standard InChI is InChI=1S/C25H37FN6O4S/c1-17(33)28-14-19-15-32(25(35)36-19)18-9-10-22(21(26)13-18)31-12-11-30(16-23(31)29-24(27)34)37-20-7-5-3-2-4-6-8-20/h9-10,13,19-20,23H,2-8,11-12,14-16H2,1H3,(H,28,33)(H3,27,29,34). The molecule has 4 N–H and O–H groups in total. The number of benzene rings is 1. The van der Waals surface area contributed by atoms with E-state index in [9.17, 15) is 14.4 Å². The van der Waals surface area contributed by atoms with Crippen molar-refractivity contribution in [3.63, 3.8) is 0 Å². The summed E-state index contributed by atoms with van der Waals surface area (Å²) in [6.07, 6.45) is 7.20. The molecule has 2 unspecified atom stereocenters. The summed E-state index contributed by atoms with van der Waals surface area (Å²) in [5.41, 5.74) is 6.17. The molecule has 204 valence electrons. The van der Waals surface area contributed by atoms with Gasteiger partial charge >= 0.3 is 12.1 Å². The van der Waals surface area contributed by atoms with E-state index in [1.54, 1.807) is 12.1 Å². The fourth-order valence-electron chi connectivity index (χ4n) is 5.16. The number of urea groups is 1. The van der Waals surface area contributed by atoms with Crippen LogP contribution in [0, 0.1) is 5.82 Å². The minimum absolute atomic E-state index is 0.196. The summed E-state index contributed by atoms with van der Waals surface area (Å²) in [5, 5.41) is 5.96. The highest BCUT2D eigenvalue weighted by Gasteiger charge is 2.34. The number of primary amides is 1. The van der Waals surface area contributed by atoms with E-state index in [4.69, 9.17) is 10.5 Å². The lowest BCUT2D eigenvalue weighted by Gasteiger charge is -2.43. The molecule has 37 heavy (non-hydrogen) atoms. The van der Waals surface area contributed by atoms with Crippen LogP contribution in [-0.4, -0.2) is 72.6 Å². The van der Waals surface area contributed by atoms with E-state index in [2.05, 4.69) is 14.9 Å².